The van der Waals surface area contributed by atoms with Crippen molar-refractivity contribution in [2.45, 2.75) is 29.1 Å². The quantitative estimate of drug-likeness (QED) is 0.500. The van der Waals surface area contributed by atoms with Crippen LogP contribution in [0.15, 0.2) is 71.5 Å². The van der Waals surface area contributed by atoms with Crippen LogP contribution in [0.25, 0.3) is 0 Å². The van der Waals surface area contributed by atoms with Crippen LogP contribution in [0.4, 0.5) is 0 Å². The fourth-order valence-corrected chi connectivity index (χ4v) is 6.75. The number of halogens is 1. The van der Waals surface area contributed by atoms with Gasteiger partial charge >= 0.3 is 0 Å². The molecular formula is C28H29BrN2O5. The van der Waals surface area contributed by atoms with E-state index in [-0.39, 0.29) is 12.5 Å². The molecule has 0 amide bonds. The molecule has 36 heavy (non-hydrogen) atoms. The highest BCUT2D eigenvalue weighted by Crippen LogP contribution is 2.71. The predicted octanol–water partition coefficient (Wildman–Crippen LogP) is 3.58. The third-order valence-corrected chi connectivity index (χ3v) is 8.57. The van der Waals surface area contributed by atoms with Crippen molar-refractivity contribution in [1.82, 2.24) is 9.88 Å². The van der Waals surface area contributed by atoms with Crippen molar-refractivity contribution in [2.75, 3.05) is 40.0 Å². The number of rotatable bonds is 5. The number of β-amino-alcohol motifs (C(OH)–C–C–N with tert-alkyl or cyclic N) is 1. The van der Waals surface area contributed by atoms with Gasteiger partial charge in [0.15, 0.2) is 11.2 Å². The van der Waals surface area contributed by atoms with Crippen LogP contribution in [0.5, 0.6) is 11.5 Å². The number of pyridine rings is 1. The van der Waals surface area contributed by atoms with Crippen molar-refractivity contribution in [2.24, 2.45) is 0 Å². The lowest BCUT2D eigenvalue weighted by Gasteiger charge is -2.46. The summed E-state index contributed by atoms with van der Waals surface area (Å²) in [6.07, 6.45) is 3.47. The summed E-state index contributed by atoms with van der Waals surface area (Å²) in [5, 5.41) is 25.8. The highest BCUT2D eigenvalue weighted by Gasteiger charge is 2.79. The molecule has 7 nitrogen and oxygen atoms in total. The van der Waals surface area contributed by atoms with Gasteiger partial charge in [-0.05, 0) is 29.7 Å². The van der Waals surface area contributed by atoms with Gasteiger partial charge in [-0.15, -0.1) is 0 Å². The second-order valence-electron chi connectivity index (χ2n) is 9.86. The van der Waals surface area contributed by atoms with E-state index in [4.69, 9.17) is 14.2 Å². The van der Waals surface area contributed by atoms with Gasteiger partial charge in [-0.3, -0.25) is 9.88 Å². The number of aliphatic hydroxyl groups is 2. The van der Waals surface area contributed by atoms with E-state index < -0.39 is 16.8 Å². The molecule has 0 radical (unpaired) electrons. The standard InChI is InChI=1S/C28H29BrN2O5/c1-34-23-16-30-17-24-25(23)28(33)26(32,18-31-11-13-35-14-12-31)15-22(19-5-3-2-4-6-19)27(28,36-24)20-7-9-21(29)10-8-20/h2-10,16-17,22,32-33H,11-15,18H2,1H3. The number of morpholine rings is 1. The Morgan fingerprint density at radius 1 is 1.06 bits per heavy atom. The van der Waals surface area contributed by atoms with Gasteiger partial charge in [0.1, 0.15) is 17.1 Å². The molecule has 6 rings (SSSR count). The second-order valence-corrected chi connectivity index (χ2v) is 10.8. The highest BCUT2D eigenvalue weighted by molar-refractivity contribution is 9.10. The first kappa shape index (κ1) is 23.9. The Kier molecular flexibility index (Phi) is 5.85. The summed E-state index contributed by atoms with van der Waals surface area (Å²) < 4.78 is 19.0. The fraction of sp³-hybridized carbons (Fsp3) is 0.393. The number of methoxy groups -OCH3 is 1. The van der Waals surface area contributed by atoms with Gasteiger partial charge in [-0.25, -0.2) is 0 Å². The maximum absolute atomic E-state index is 13.1. The van der Waals surface area contributed by atoms with E-state index in [1.165, 1.54) is 0 Å². The molecule has 1 saturated heterocycles. The lowest BCUT2D eigenvalue weighted by molar-refractivity contribution is -0.205. The minimum absolute atomic E-state index is 0.267. The number of ether oxygens (including phenoxy) is 3. The molecule has 3 aliphatic rings. The summed E-state index contributed by atoms with van der Waals surface area (Å²) in [5.74, 6) is 0.455. The summed E-state index contributed by atoms with van der Waals surface area (Å²) in [6, 6.07) is 17.8. The molecule has 1 aliphatic carbocycles. The lowest BCUT2D eigenvalue weighted by atomic mass is 9.68. The topological polar surface area (TPSA) is 84.3 Å². The third kappa shape index (κ3) is 3.28. The molecule has 2 aromatic carbocycles. The Labute approximate surface area is 218 Å². The zero-order chi connectivity index (χ0) is 25.0. The zero-order valence-corrected chi connectivity index (χ0v) is 21.6. The molecule has 2 aliphatic heterocycles. The van der Waals surface area contributed by atoms with Crippen LogP contribution in [0, 0.1) is 0 Å². The number of fused-ring (bicyclic) bond motifs is 3. The Morgan fingerprint density at radius 2 is 1.78 bits per heavy atom. The van der Waals surface area contributed by atoms with Crippen LogP contribution in [-0.2, 0) is 15.9 Å². The zero-order valence-electron chi connectivity index (χ0n) is 20.1. The summed E-state index contributed by atoms with van der Waals surface area (Å²) in [5.41, 5.74) is -2.49. The fourth-order valence-electron chi connectivity index (χ4n) is 6.49. The van der Waals surface area contributed by atoms with Crippen LogP contribution in [0.3, 0.4) is 0 Å². The van der Waals surface area contributed by atoms with Crippen LogP contribution in [0.1, 0.15) is 29.0 Å². The second kappa shape index (κ2) is 8.82. The first-order chi connectivity index (χ1) is 17.4. The Balaban J connectivity index is 1.63. The average molecular weight is 553 g/mol. The van der Waals surface area contributed by atoms with E-state index in [0.29, 0.717) is 49.8 Å². The summed E-state index contributed by atoms with van der Waals surface area (Å²) in [4.78, 5) is 6.47. The largest absolute Gasteiger partial charge is 0.495 e. The number of hydrogen-bond donors (Lipinski definition) is 2. The van der Waals surface area contributed by atoms with Gasteiger partial charge in [0.2, 0.25) is 0 Å². The van der Waals surface area contributed by atoms with Crippen molar-refractivity contribution in [3.63, 3.8) is 0 Å². The van der Waals surface area contributed by atoms with Gasteiger partial charge in [0, 0.05) is 30.0 Å². The molecular weight excluding hydrogens is 524 g/mol. The number of aromatic nitrogens is 1. The number of hydrogen-bond acceptors (Lipinski definition) is 7. The van der Waals surface area contributed by atoms with Crippen molar-refractivity contribution in [1.29, 1.82) is 0 Å². The normalized spacial score (nSPS) is 31.5. The molecule has 0 bridgehead atoms. The maximum Gasteiger partial charge on any atom is 0.177 e. The maximum atomic E-state index is 13.1. The molecule has 2 N–H and O–H groups in total. The van der Waals surface area contributed by atoms with Crippen LogP contribution >= 0.6 is 15.9 Å². The lowest BCUT2D eigenvalue weighted by Crippen LogP contribution is -2.62. The number of nitrogens with zero attached hydrogens (tertiary/aromatic N) is 2. The van der Waals surface area contributed by atoms with Gasteiger partial charge in [0.05, 0.1) is 38.3 Å². The third-order valence-electron chi connectivity index (χ3n) is 8.04. The molecule has 1 saturated carbocycles. The van der Waals surface area contributed by atoms with E-state index in [2.05, 4.69) is 25.8 Å². The molecule has 4 atom stereocenters. The minimum Gasteiger partial charge on any atom is -0.495 e. The van der Waals surface area contributed by atoms with Crippen molar-refractivity contribution in [3.05, 3.63) is 88.2 Å². The van der Waals surface area contributed by atoms with Crippen LogP contribution in [0.2, 0.25) is 0 Å². The monoisotopic (exact) mass is 552 g/mol. The molecule has 3 heterocycles. The molecule has 188 valence electrons. The first-order valence-electron chi connectivity index (χ1n) is 12.2. The van der Waals surface area contributed by atoms with Gasteiger partial charge in [-0.2, -0.15) is 0 Å². The van der Waals surface area contributed by atoms with Gasteiger partial charge < -0.3 is 24.4 Å². The molecule has 3 aromatic rings. The Morgan fingerprint density at radius 3 is 2.47 bits per heavy atom. The van der Waals surface area contributed by atoms with E-state index in [1.807, 2.05) is 54.6 Å². The van der Waals surface area contributed by atoms with Crippen molar-refractivity contribution < 1.29 is 24.4 Å². The highest BCUT2D eigenvalue weighted by atomic mass is 79.9. The van der Waals surface area contributed by atoms with E-state index in [0.717, 1.165) is 15.6 Å². The molecule has 4 unspecified atom stereocenters. The van der Waals surface area contributed by atoms with E-state index in [1.54, 1.807) is 19.5 Å². The predicted molar refractivity (Wildman–Crippen MR) is 137 cm³/mol. The summed E-state index contributed by atoms with van der Waals surface area (Å²) in [6.45, 7) is 2.81. The van der Waals surface area contributed by atoms with Crippen molar-refractivity contribution in [3.8, 4) is 11.5 Å². The molecule has 2 fully saturated rings. The SMILES string of the molecule is COc1cncc2c1C1(O)C(O)(CN3CCOCC3)CC(c3ccccc3)C1(c1ccc(Br)cc1)O2. The summed E-state index contributed by atoms with van der Waals surface area (Å²) >= 11 is 3.54. The van der Waals surface area contributed by atoms with Crippen LogP contribution in [-0.4, -0.2) is 65.7 Å². The first-order valence-corrected chi connectivity index (χ1v) is 13.0. The summed E-state index contributed by atoms with van der Waals surface area (Å²) in [7, 11) is 1.55. The minimum atomic E-state index is -1.82. The Hall–Kier alpha value is -2.49. The molecule has 0 spiro atoms. The van der Waals surface area contributed by atoms with E-state index >= 15 is 0 Å². The smallest absolute Gasteiger partial charge is 0.177 e. The van der Waals surface area contributed by atoms with Gasteiger partial charge in [0.25, 0.3) is 0 Å². The number of benzene rings is 2. The van der Waals surface area contributed by atoms with Crippen molar-refractivity contribution >= 4 is 15.9 Å². The van der Waals surface area contributed by atoms with E-state index in [9.17, 15) is 10.2 Å². The Bertz CT molecular complexity index is 1250. The molecule has 8 heteroatoms. The van der Waals surface area contributed by atoms with Crippen LogP contribution < -0.4 is 9.47 Å². The van der Waals surface area contributed by atoms with Gasteiger partial charge in [-0.1, -0.05) is 58.4 Å². The molecule has 1 aromatic heterocycles. The average Bonchev–Trinajstić information content (AvgIpc) is 3.29.